The van der Waals surface area contributed by atoms with Crippen LogP contribution >= 0.6 is 0 Å². The second kappa shape index (κ2) is 6.75. The molecule has 4 nitrogen and oxygen atoms in total. The molecular weight excluding hydrogens is 329 g/mol. The van der Waals surface area contributed by atoms with Crippen LogP contribution in [0.25, 0.3) is 11.3 Å². The van der Waals surface area contributed by atoms with Gasteiger partial charge in [0.15, 0.2) is 12.2 Å². The summed E-state index contributed by atoms with van der Waals surface area (Å²) < 4.78 is 18.0. The van der Waals surface area contributed by atoms with Crippen molar-refractivity contribution >= 4 is 11.6 Å². The number of fused-ring (bicyclic) bond motifs is 1. The summed E-state index contributed by atoms with van der Waals surface area (Å²) in [6.07, 6.45) is 4.04. The number of hydrogen-bond acceptors (Lipinski definition) is 1. The van der Waals surface area contributed by atoms with Crippen molar-refractivity contribution in [2.24, 2.45) is 0 Å². The van der Waals surface area contributed by atoms with Crippen molar-refractivity contribution in [3.05, 3.63) is 71.9 Å². The Kier molecular flexibility index (Phi) is 4.29. The highest BCUT2D eigenvalue weighted by atomic mass is 19.1. The van der Waals surface area contributed by atoms with Crippen LogP contribution in [0.5, 0.6) is 0 Å². The van der Waals surface area contributed by atoms with Crippen LogP contribution < -0.4 is 9.88 Å². The Morgan fingerprint density at radius 2 is 1.96 bits per heavy atom. The summed E-state index contributed by atoms with van der Waals surface area (Å²) in [5.41, 5.74) is 3.70. The van der Waals surface area contributed by atoms with Gasteiger partial charge in [-0.15, -0.1) is 0 Å². The third kappa shape index (κ3) is 3.12. The molecule has 5 heteroatoms. The number of halogens is 1. The maximum absolute atomic E-state index is 13.7. The molecule has 0 unspecified atom stereocenters. The van der Waals surface area contributed by atoms with Crippen molar-refractivity contribution in [1.82, 2.24) is 4.57 Å². The lowest BCUT2D eigenvalue weighted by Gasteiger charge is -2.05. The topological polar surface area (TPSA) is 37.9 Å². The highest BCUT2D eigenvalue weighted by molar-refractivity contribution is 5.89. The monoisotopic (exact) mass is 350 g/mol. The average Bonchev–Trinajstić information content (AvgIpc) is 3.22. The molecule has 4 rings (SSSR count). The Morgan fingerprint density at radius 1 is 1.19 bits per heavy atom. The second-order valence-electron chi connectivity index (χ2n) is 6.71. The molecule has 0 atom stereocenters. The van der Waals surface area contributed by atoms with E-state index in [0.29, 0.717) is 0 Å². The van der Waals surface area contributed by atoms with Crippen molar-refractivity contribution in [1.29, 1.82) is 0 Å². The number of aryl methyl sites for hydroxylation is 1. The molecule has 1 amide bonds. The molecule has 0 radical (unpaired) electrons. The van der Waals surface area contributed by atoms with Gasteiger partial charge in [0, 0.05) is 5.56 Å². The van der Waals surface area contributed by atoms with Gasteiger partial charge in [-0.2, -0.15) is 0 Å². The lowest BCUT2D eigenvalue weighted by Crippen LogP contribution is -2.42. The predicted octanol–water partition coefficient (Wildman–Crippen LogP) is 3.48. The molecule has 0 saturated carbocycles. The minimum absolute atomic E-state index is 0.176. The maximum atomic E-state index is 13.7. The number of benzene rings is 2. The fourth-order valence-electron chi connectivity index (χ4n) is 3.51. The van der Waals surface area contributed by atoms with Gasteiger partial charge in [-0.25, -0.2) is 13.5 Å². The van der Waals surface area contributed by atoms with Crippen molar-refractivity contribution in [3.8, 4) is 11.3 Å². The van der Waals surface area contributed by atoms with Crippen LogP contribution in [-0.2, 0) is 24.3 Å². The molecule has 0 saturated heterocycles. The summed E-state index contributed by atoms with van der Waals surface area (Å²) in [7, 11) is 0. The molecule has 0 spiro atoms. The fourth-order valence-corrected chi connectivity index (χ4v) is 3.51. The molecule has 0 aliphatic carbocycles. The molecule has 1 N–H and O–H groups in total. The number of carbonyl (C=O) groups is 1. The van der Waals surface area contributed by atoms with Crippen LogP contribution in [0.4, 0.5) is 10.1 Å². The SMILES string of the molecule is Cc1ccc(-c2c[n+](CC(=O)Nc3ccccc3F)c3n2CCC3)cc1. The third-order valence-electron chi connectivity index (χ3n) is 4.80. The number of rotatable bonds is 4. The van der Waals surface area contributed by atoms with E-state index in [2.05, 4.69) is 41.1 Å². The lowest BCUT2D eigenvalue weighted by molar-refractivity contribution is -0.690. The molecule has 1 aliphatic rings. The van der Waals surface area contributed by atoms with Crippen LogP contribution in [0.3, 0.4) is 0 Å². The number of nitrogens with zero attached hydrogens (tertiary/aromatic N) is 2. The van der Waals surface area contributed by atoms with Gasteiger partial charge in [-0.3, -0.25) is 4.79 Å². The zero-order chi connectivity index (χ0) is 18.1. The largest absolute Gasteiger partial charge is 0.320 e. The zero-order valence-corrected chi connectivity index (χ0v) is 14.7. The summed E-state index contributed by atoms with van der Waals surface area (Å²) in [6, 6.07) is 14.6. The Morgan fingerprint density at radius 3 is 2.73 bits per heavy atom. The number of anilines is 1. The van der Waals surface area contributed by atoms with E-state index in [1.54, 1.807) is 18.2 Å². The van der Waals surface area contributed by atoms with Gasteiger partial charge in [0.25, 0.3) is 11.7 Å². The lowest BCUT2D eigenvalue weighted by atomic mass is 10.1. The van der Waals surface area contributed by atoms with Crippen molar-refractivity contribution in [3.63, 3.8) is 0 Å². The molecular formula is C21H21FN3O+. The number of nitrogens with one attached hydrogen (secondary N) is 1. The van der Waals surface area contributed by atoms with Gasteiger partial charge in [-0.05, 0) is 25.5 Å². The fraction of sp³-hybridized carbons (Fsp3) is 0.238. The van der Waals surface area contributed by atoms with E-state index in [4.69, 9.17) is 0 Å². The van der Waals surface area contributed by atoms with Gasteiger partial charge in [0.2, 0.25) is 0 Å². The second-order valence-corrected chi connectivity index (χ2v) is 6.71. The molecule has 3 aromatic rings. The first kappa shape index (κ1) is 16.5. The smallest absolute Gasteiger partial charge is 0.266 e. The number of carbonyl (C=O) groups excluding carboxylic acids is 1. The first-order valence-corrected chi connectivity index (χ1v) is 8.85. The van der Waals surface area contributed by atoms with Gasteiger partial charge in [0.1, 0.15) is 12.0 Å². The van der Waals surface area contributed by atoms with Gasteiger partial charge < -0.3 is 5.32 Å². The van der Waals surface area contributed by atoms with E-state index < -0.39 is 5.82 Å². The summed E-state index contributed by atoms with van der Waals surface area (Å²) in [6.45, 7) is 3.20. The number of amides is 1. The molecule has 132 valence electrons. The number of para-hydroxylation sites is 1. The third-order valence-corrected chi connectivity index (χ3v) is 4.80. The van der Waals surface area contributed by atoms with Gasteiger partial charge in [-0.1, -0.05) is 42.0 Å². The zero-order valence-electron chi connectivity index (χ0n) is 14.7. The standard InChI is InChI=1S/C21H20FN3O/c1-15-8-10-16(11-9-15)19-13-24(21-7-4-12-25(19)21)14-20(26)23-18-6-3-2-5-17(18)22/h2-3,5-6,8-11,13H,4,7,12,14H2,1H3/p+1. The highest BCUT2D eigenvalue weighted by Crippen LogP contribution is 2.25. The van der Waals surface area contributed by atoms with Crippen molar-refractivity contribution in [2.75, 3.05) is 5.32 Å². The maximum Gasteiger partial charge on any atom is 0.266 e. The van der Waals surface area contributed by atoms with E-state index in [1.165, 1.54) is 11.6 Å². The van der Waals surface area contributed by atoms with Crippen molar-refractivity contribution in [2.45, 2.75) is 32.9 Å². The summed E-state index contributed by atoms with van der Waals surface area (Å²) in [4.78, 5) is 12.4. The summed E-state index contributed by atoms with van der Waals surface area (Å²) in [5, 5.41) is 2.66. The van der Waals surface area contributed by atoms with E-state index in [9.17, 15) is 9.18 Å². The molecule has 2 aromatic carbocycles. The Balaban J connectivity index is 1.59. The number of aromatic nitrogens is 2. The molecule has 1 aromatic heterocycles. The molecule has 2 heterocycles. The van der Waals surface area contributed by atoms with Crippen LogP contribution in [-0.4, -0.2) is 10.5 Å². The molecule has 1 aliphatic heterocycles. The van der Waals surface area contributed by atoms with Gasteiger partial charge >= 0.3 is 0 Å². The van der Waals surface area contributed by atoms with E-state index in [1.807, 2.05) is 10.8 Å². The quantitative estimate of drug-likeness (QED) is 0.719. The Hall–Kier alpha value is -2.95. The average molecular weight is 350 g/mol. The first-order chi connectivity index (χ1) is 12.6. The van der Waals surface area contributed by atoms with Crippen LogP contribution in [0.1, 0.15) is 17.8 Å². The Labute approximate surface area is 151 Å². The van der Waals surface area contributed by atoms with E-state index in [0.717, 1.165) is 36.5 Å². The minimum atomic E-state index is -0.423. The van der Waals surface area contributed by atoms with Gasteiger partial charge in [0.05, 0.1) is 18.7 Å². The normalized spacial score (nSPS) is 12.8. The predicted molar refractivity (Wildman–Crippen MR) is 98.2 cm³/mol. The highest BCUT2D eigenvalue weighted by Gasteiger charge is 2.29. The first-order valence-electron chi connectivity index (χ1n) is 8.85. The number of imidazole rings is 1. The summed E-state index contributed by atoms with van der Waals surface area (Å²) >= 11 is 0. The van der Waals surface area contributed by atoms with Crippen LogP contribution in [0.2, 0.25) is 0 Å². The van der Waals surface area contributed by atoms with Crippen LogP contribution in [0.15, 0.2) is 54.7 Å². The molecule has 26 heavy (non-hydrogen) atoms. The molecule has 0 fully saturated rings. The van der Waals surface area contributed by atoms with Crippen molar-refractivity contribution < 1.29 is 13.8 Å². The van der Waals surface area contributed by atoms with Crippen LogP contribution in [0, 0.1) is 12.7 Å². The summed E-state index contributed by atoms with van der Waals surface area (Å²) in [5.74, 6) is 0.494. The minimum Gasteiger partial charge on any atom is -0.320 e. The molecule has 0 bridgehead atoms. The van der Waals surface area contributed by atoms with E-state index >= 15 is 0 Å². The van der Waals surface area contributed by atoms with E-state index in [-0.39, 0.29) is 18.1 Å². The number of hydrogen-bond donors (Lipinski definition) is 1. The Bertz CT molecular complexity index is 960.